The second-order valence-corrected chi connectivity index (χ2v) is 5.59. The summed E-state index contributed by atoms with van der Waals surface area (Å²) < 4.78 is 4.97. The van der Waals surface area contributed by atoms with Gasteiger partial charge in [0.25, 0.3) is 0 Å². The van der Waals surface area contributed by atoms with Crippen LogP contribution in [-0.2, 0) is 4.74 Å². The van der Waals surface area contributed by atoms with Crippen molar-refractivity contribution in [3.05, 3.63) is 0 Å². The molecule has 1 fully saturated rings. The minimum atomic E-state index is 0.352. The molecule has 0 radical (unpaired) electrons. The maximum absolute atomic E-state index is 5.27. The predicted octanol–water partition coefficient (Wildman–Crippen LogP) is 2.07. The molecule has 0 spiro atoms. The molecular formula is C12H24N2OS. The Morgan fingerprint density at radius 2 is 2.19 bits per heavy atom. The quantitative estimate of drug-likeness (QED) is 0.586. The van der Waals surface area contributed by atoms with Gasteiger partial charge in [-0.25, -0.2) is 0 Å². The van der Waals surface area contributed by atoms with Crippen LogP contribution in [0.3, 0.4) is 0 Å². The number of methoxy groups -OCH3 is 1. The second kappa shape index (κ2) is 6.40. The van der Waals surface area contributed by atoms with Gasteiger partial charge in [-0.2, -0.15) is 0 Å². The molecule has 1 saturated carbocycles. The van der Waals surface area contributed by atoms with E-state index in [1.165, 1.54) is 25.7 Å². The molecule has 0 aromatic carbocycles. The third-order valence-corrected chi connectivity index (χ3v) is 3.67. The van der Waals surface area contributed by atoms with Crippen molar-refractivity contribution in [3.8, 4) is 0 Å². The van der Waals surface area contributed by atoms with Crippen molar-refractivity contribution < 1.29 is 4.74 Å². The molecule has 1 atom stereocenters. The largest absolute Gasteiger partial charge is 0.383 e. The fraction of sp³-hybridized carbons (Fsp3) is 0.917. The van der Waals surface area contributed by atoms with Crippen LogP contribution < -0.4 is 10.6 Å². The third-order valence-electron chi connectivity index (χ3n) is 3.40. The van der Waals surface area contributed by atoms with Gasteiger partial charge in [-0.05, 0) is 30.5 Å². The van der Waals surface area contributed by atoms with E-state index in [1.807, 2.05) is 0 Å². The Hall–Kier alpha value is -0.350. The molecule has 16 heavy (non-hydrogen) atoms. The summed E-state index contributed by atoms with van der Waals surface area (Å²) in [6.07, 6.45) is 5.15. The summed E-state index contributed by atoms with van der Waals surface area (Å²) in [6, 6.07) is 0.504. The van der Waals surface area contributed by atoms with E-state index in [4.69, 9.17) is 17.0 Å². The van der Waals surface area contributed by atoms with Crippen LogP contribution in [0.4, 0.5) is 0 Å². The van der Waals surface area contributed by atoms with Crippen molar-refractivity contribution in [3.63, 3.8) is 0 Å². The maximum Gasteiger partial charge on any atom is 0.166 e. The van der Waals surface area contributed by atoms with Crippen LogP contribution in [0.1, 0.15) is 39.5 Å². The van der Waals surface area contributed by atoms with Crippen molar-refractivity contribution in [1.29, 1.82) is 0 Å². The lowest BCUT2D eigenvalue weighted by Gasteiger charge is -2.39. The first kappa shape index (κ1) is 13.7. The van der Waals surface area contributed by atoms with E-state index in [2.05, 4.69) is 24.5 Å². The molecule has 0 saturated heterocycles. The molecule has 0 bridgehead atoms. The Morgan fingerprint density at radius 1 is 1.44 bits per heavy atom. The first-order valence-corrected chi connectivity index (χ1v) is 6.50. The zero-order valence-corrected chi connectivity index (χ0v) is 11.5. The summed E-state index contributed by atoms with van der Waals surface area (Å²) in [5, 5.41) is 7.36. The van der Waals surface area contributed by atoms with Crippen molar-refractivity contribution in [2.24, 2.45) is 5.41 Å². The number of ether oxygens (including phenoxy) is 1. The molecule has 1 aliphatic rings. The first-order chi connectivity index (χ1) is 7.56. The van der Waals surface area contributed by atoms with Gasteiger partial charge in [0.2, 0.25) is 0 Å². The Balaban J connectivity index is 2.31. The molecule has 94 valence electrons. The topological polar surface area (TPSA) is 33.3 Å². The van der Waals surface area contributed by atoms with E-state index in [1.54, 1.807) is 7.11 Å². The fourth-order valence-corrected chi connectivity index (χ4v) is 2.48. The Morgan fingerprint density at radius 3 is 2.81 bits per heavy atom. The summed E-state index contributed by atoms with van der Waals surface area (Å²) in [5.74, 6) is 0. The lowest BCUT2D eigenvalue weighted by molar-refractivity contribution is 0.184. The Labute approximate surface area is 104 Å². The highest BCUT2D eigenvalue weighted by Crippen LogP contribution is 2.35. The molecule has 0 aliphatic heterocycles. The summed E-state index contributed by atoms with van der Waals surface area (Å²) in [7, 11) is 1.70. The molecule has 0 heterocycles. The molecule has 0 aromatic heterocycles. The van der Waals surface area contributed by atoms with Crippen LogP contribution in [0.25, 0.3) is 0 Å². The minimum absolute atomic E-state index is 0.352. The van der Waals surface area contributed by atoms with Crippen LogP contribution in [-0.4, -0.2) is 31.4 Å². The second-order valence-electron chi connectivity index (χ2n) is 5.18. The van der Waals surface area contributed by atoms with E-state index in [-0.39, 0.29) is 0 Å². The van der Waals surface area contributed by atoms with Crippen LogP contribution in [0.15, 0.2) is 0 Å². The van der Waals surface area contributed by atoms with Gasteiger partial charge in [0.1, 0.15) is 0 Å². The minimum Gasteiger partial charge on any atom is -0.383 e. The lowest BCUT2D eigenvalue weighted by Crippen LogP contribution is -2.50. The van der Waals surface area contributed by atoms with Gasteiger partial charge >= 0.3 is 0 Å². The molecular weight excluding hydrogens is 220 g/mol. The molecule has 4 heteroatoms. The van der Waals surface area contributed by atoms with Crippen molar-refractivity contribution >= 4 is 17.3 Å². The average Bonchev–Trinajstić information content (AvgIpc) is 2.21. The highest BCUT2D eigenvalue weighted by atomic mass is 32.1. The van der Waals surface area contributed by atoms with E-state index in [9.17, 15) is 0 Å². The van der Waals surface area contributed by atoms with Crippen LogP contribution in [0.2, 0.25) is 0 Å². The summed E-state index contributed by atoms with van der Waals surface area (Å²) in [5.41, 5.74) is 0.352. The molecule has 1 unspecified atom stereocenters. The molecule has 3 nitrogen and oxygen atoms in total. The summed E-state index contributed by atoms with van der Waals surface area (Å²) >= 11 is 5.27. The van der Waals surface area contributed by atoms with E-state index < -0.39 is 0 Å². The highest BCUT2D eigenvalue weighted by molar-refractivity contribution is 7.80. The normalized spacial score (nSPS) is 23.8. The first-order valence-electron chi connectivity index (χ1n) is 6.09. The zero-order chi connectivity index (χ0) is 12.0. The van der Waals surface area contributed by atoms with Gasteiger partial charge in [-0.3, -0.25) is 0 Å². The highest BCUT2D eigenvalue weighted by Gasteiger charge is 2.32. The third kappa shape index (κ3) is 4.26. The van der Waals surface area contributed by atoms with Gasteiger partial charge in [-0.1, -0.05) is 26.7 Å². The monoisotopic (exact) mass is 244 g/mol. The number of hydrogen-bond acceptors (Lipinski definition) is 2. The van der Waals surface area contributed by atoms with Crippen LogP contribution in [0.5, 0.6) is 0 Å². The number of rotatable bonds is 4. The van der Waals surface area contributed by atoms with E-state index in [0.29, 0.717) is 18.1 Å². The molecule has 1 rings (SSSR count). The van der Waals surface area contributed by atoms with E-state index >= 15 is 0 Å². The van der Waals surface area contributed by atoms with Crippen molar-refractivity contribution in [2.75, 3.05) is 20.3 Å². The summed E-state index contributed by atoms with van der Waals surface area (Å²) in [6.45, 7) is 6.11. The fourth-order valence-electron chi connectivity index (χ4n) is 2.24. The van der Waals surface area contributed by atoms with Gasteiger partial charge in [0.05, 0.1) is 6.61 Å². The number of thiocarbonyl (C=S) groups is 1. The van der Waals surface area contributed by atoms with Crippen LogP contribution in [0, 0.1) is 5.41 Å². The molecule has 0 amide bonds. The lowest BCUT2D eigenvalue weighted by atomic mass is 9.73. The van der Waals surface area contributed by atoms with Gasteiger partial charge in [0.15, 0.2) is 5.11 Å². The van der Waals surface area contributed by atoms with Gasteiger partial charge in [0, 0.05) is 19.7 Å². The molecule has 0 aromatic rings. The SMILES string of the molecule is COCCNC(=S)NC1CCCCC1(C)C. The van der Waals surface area contributed by atoms with Gasteiger partial charge in [-0.15, -0.1) is 0 Å². The smallest absolute Gasteiger partial charge is 0.166 e. The average molecular weight is 244 g/mol. The molecule has 1 aliphatic carbocycles. The van der Waals surface area contributed by atoms with Crippen molar-refractivity contribution in [2.45, 2.75) is 45.6 Å². The van der Waals surface area contributed by atoms with Gasteiger partial charge < -0.3 is 15.4 Å². The molecule has 2 N–H and O–H groups in total. The van der Waals surface area contributed by atoms with E-state index in [0.717, 1.165) is 11.7 Å². The predicted molar refractivity (Wildman–Crippen MR) is 71.6 cm³/mol. The Bertz CT molecular complexity index is 231. The zero-order valence-electron chi connectivity index (χ0n) is 10.6. The number of nitrogens with one attached hydrogen (secondary N) is 2. The van der Waals surface area contributed by atoms with Crippen LogP contribution >= 0.6 is 12.2 Å². The number of hydrogen-bond donors (Lipinski definition) is 2. The van der Waals surface area contributed by atoms with Crippen molar-refractivity contribution in [1.82, 2.24) is 10.6 Å². The maximum atomic E-state index is 5.27. The Kier molecular flexibility index (Phi) is 5.49. The summed E-state index contributed by atoms with van der Waals surface area (Å²) in [4.78, 5) is 0. The standard InChI is InChI=1S/C12H24N2OS/c1-12(2)7-5-4-6-10(12)14-11(16)13-8-9-15-3/h10H,4-9H2,1-3H3,(H2,13,14,16).